The molecule has 5 nitrogen and oxygen atoms in total. The van der Waals surface area contributed by atoms with Crippen LogP contribution in [0.3, 0.4) is 0 Å². The van der Waals surface area contributed by atoms with E-state index >= 15 is 0 Å². The van der Waals surface area contributed by atoms with Gasteiger partial charge in [0.15, 0.2) is 5.65 Å². The molecule has 0 aliphatic heterocycles. The minimum atomic E-state index is -0.0635. The third-order valence-corrected chi connectivity index (χ3v) is 4.41. The summed E-state index contributed by atoms with van der Waals surface area (Å²) in [5.74, 6) is 0.605. The van der Waals surface area contributed by atoms with Crippen molar-refractivity contribution in [3.8, 4) is 6.07 Å². The topological polar surface area (TPSA) is 74.5 Å². The second-order valence-corrected chi connectivity index (χ2v) is 6.62. The van der Waals surface area contributed by atoms with Crippen LogP contribution in [-0.4, -0.2) is 15.0 Å². The molecule has 0 radical (unpaired) electrons. The summed E-state index contributed by atoms with van der Waals surface area (Å²) in [6, 6.07) is 9.72. The van der Waals surface area contributed by atoms with Crippen LogP contribution in [0, 0.1) is 18.3 Å². The molecule has 0 fully saturated rings. The number of benzene rings is 1. The van der Waals surface area contributed by atoms with Gasteiger partial charge in [0.1, 0.15) is 5.82 Å². The Morgan fingerprint density at radius 1 is 1.33 bits per heavy atom. The maximum absolute atomic E-state index is 9.20. The molecule has 0 unspecified atom stereocenters. The predicted molar refractivity (Wildman–Crippen MR) is 98.0 cm³/mol. The number of hydrogen-bond donors (Lipinski definition) is 1. The summed E-state index contributed by atoms with van der Waals surface area (Å²) in [6.45, 7) is 3.95. The molecule has 1 aromatic carbocycles. The number of nitrogens with zero attached hydrogens (tertiary/aromatic N) is 4. The fourth-order valence-corrected chi connectivity index (χ4v) is 3.09. The van der Waals surface area contributed by atoms with Crippen LogP contribution < -0.4 is 5.32 Å². The van der Waals surface area contributed by atoms with Crippen molar-refractivity contribution in [2.45, 2.75) is 19.9 Å². The second-order valence-electron chi connectivity index (χ2n) is 5.36. The van der Waals surface area contributed by atoms with Gasteiger partial charge in [0, 0.05) is 10.7 Å². The summed E-state index contributed by atoms with van der Waals surface area (Å²) in [6.07, 6.45) is 1.67. The lowest BCUT2D eigenvalue weighted by Crippen LogP contribution is -2.11. The van der Waals surface area contributed by atoms with Gasteiger partial charge in [-0.3, -0.25) is 0 Å². The molecule has 7 heteroatoms. The molecule has 3 rings (SSSR count). The third kappa shape index (κ3) is 3.18. The van der Waals surface area contributed by atoms with Crippen LogP contribution >= 0.6 is 27.5 Å². The molecule has 2 heterocycles. The fourth-order valence-electron chi connectivity index (χ4n) is 2.60. The average Bonchev–Trinajstić information content (AvgIpc) is 2.55. The molecule has 0 spiro atoms. The lowest BCUT2D eigenvalue weighted by atomic mass is 9.98. The van der Waals surface area contributed by atoms with Gasteiger partial charge >= 0.3 is 0 Å². The van der Waals surface area contributed by atoms with Crippen LogP contribution in [0.25, 0.3) is 11.0 Å². The quantitative estimate of drug-likeness (QED) is 0.637. The third-order valence-electron chi connectivity index (χ3n) is 3.81. The van der Waals surface area contributed by atoms with Gasteiger partial charge in [0.2, 0.25) is 5.28 Å². The monoisotopic (exact) mass is 401 g/mol. The van der Waals surface area contributed by atoms with Crippen molar-refractivity contribution in [2.75, 3.05) is 5.32 Å². The summed E-state index contributed by atoms with van der Waals surface area (Å²) in [5, 5.41) is 13.5. The summed E-state index contributed by atoms with van der Waals surface area (Å²) >= 11 is 9.43. The Morgan fingerprint density at radius 2 is 2.12 bits per heavy atom. The maximum atomic E-state index is 9.20. The lowest BCUT2D eigenvalue weighted by Gasteiger charge is -2.19. The van der Waals surface area contributed by atoms with Crippen LogP contribution in [0.2, 0.25) is 5.28 Å². The largest absolute Gasteiger partial charge is 0.363 e. The van der Waals surface area contributed by atoms with Gasteiger partial charge in [0.05, 0.1) is 23.1 Å². The number of nitrogens with one attached hydrogen (secondary N) is 1. The highest BCUT2D eigenvalue weighted by atomic mass is 79.9. The maximum Gasteiger partial charge on any atom is 0.226 e. The number of nitriles is 1. The van der Waals surface area contributed by atoms with E-state index in [-0.39, 0.29) is 11.3 Å². The summed E-state index contributed by atoms with van der Waals surface area (Å²) in [4.78, 5) is 12.7. The highest BCUT2D eigenvalue weighted by Gasteiger charge is 2.15. The van der Waals surface area contributed by atoms with Gasteiger partial charge in [-0.05, 0) is 64.6 Å². The van der Waals surface area contributed by atoms with Crippen LogP contribution in [-0.2, 0) is 0 Å². The Morgan fingerprint density at radius 3 is 2.88 bits per heavy atom. The lowest BCUT2D eigenvalue weighted by molar-refractivity contribution is 0.864. The molecule has 2 aromatic heterocycles. The number of pyridine rings is 1. The van der Waals surface area contributed by atoms with E-state index in [9.17, 15) is 5.26 Å². The van der Waals surface area contributed by atoms with E-state index in [1.807, 2.05) is 38.1 Å². The Kier molecular flexibility index (Phi) is 4.65. The van der Waals surface area contributed by atoms with E-state index in [1.165, 1.54) is 0 Å². The molecule has 0 aliphatic rings. The minimum Gasteiger partial charge on any atom is -0.363 e. The zero-order valence-corrected chi connectivity index (χ0v) is 15.4. The van der Waals surface area contributed by atoms with Crippen molar-refractivity contribution in [2.24, 2.45) is 0 Å². The molecule has 0 bridgehead atoms. The number of rotatable bonds is 3. The highest BCUT2D eigenvalue weighted by molar-refractivity contribution is 9.10. The molecule has 0 saturated heterocycles. The molecule has 0 aliphatic carbocycles. The molecule has 3 aromatic rings. The van der Waals surface area contributed by atoms with Crippen molar-refractivity contribution in [1.82, 2.24) is 15.0 Å². The number of fused-ring (bicyclic) bond motifs is 1. The molecule has 24 heavy (non-hydrogen) atoms. The van der Waals surface area contributed by atoms with E-state index in [0.29, 0.717) is 17.0 Å². The Labute approximate surface area is 152 Å². The van der Waals surface area contributed by atoms with Crippen LogP contribution in [0.4, 0.5) is 5.82 Å². The van der Waals surface area contributed by atoms with Gasteiger partial charge in [-0.2, -0.15) is 10.2 Å². The zero-order chi connectivity index (χ0) is 17.3. The highest BCUT2D eigenvalue weighted by Crippen LogP contribution is 2.28. The van der Waals surface area contributed by atoms with Gasteiger partial charge in [-0.15, -0.1) is 0 Å². The second kappa shape index (κ2) is 6.71. The van der Waals surface area contributed by atoms with Crippen molar-refractivity contribution < 1.29 is 0 Å². The van der Waals surface area contributed by atoms with Crippen LogP contribution in [0.1, 0.15) is 29.7 Å². The van der Waals surface area contributed by atoms with Gasteiger partial charge in [0.25, 0.3) is 0 Å². The Balaban J connectivity index is 2.04. The first-order chi connectivity index (χ1) is 11.5. The smallest absolute Gasteiger partial charge is 0.226 e. The number of anilines is 1. The van der Waals surface area contributed by atoms with Gasteiger partial charge in [-0.25, -0.2) is 9.97 Å². The van der Waals surface area contributed by atoms with Crippen molar-refractivity contribution in [3.63, 3.8) is 0 Å². The average molecular weight is 403 g/mol. The standard InChI is InChI=1S/C17H13BrClN5/c1-9-11(7-20)4-3-5-13(9)10(2)22-16-14-6-12(18)8-21-15(14)23-17(19)24-16/h3-6,8,10H,1-2H3,(H,21,22,23,24)/t10-/m1/s1. The molecular weight excluding hydrogens is 390 g/mol. The number of hydrogen-bond acceptors (Lipinski definition) is 5. The predicted octanol–water partition coefficient (Wildman–Crippen LogP) is 4.79. The van der Waals surface area contributed by atoms with E-state index in [4.69, 9.17) is 11.6 Å². The van der Waals surface area contributed by atoms with E-state index in [0.717, 1.165) is 21.0 Å². The molecular formula is C17H13BrClN5. The first-order valence-corrected chi connectivity index (χ1v) is 8.41. The minimum absolute atomic E-state index is 0.0635. The SMILES string of the molecule is Cc1c(C#N)cccc1[C@@H](C)Nc1nc(Cl)nc2ncc(Br)cc12. The van der Waals surface area contributed by atoms with Crippen molar-refractivity contribution >= 4 is 44.4 Å². The zero-order valence-electron chi connectivity index (χ0n) is 13.0. The van der Waals surface area contributed by atoms with E-state index in [2.05, 4.69) is 42.3 Å². The van der Waals surface area contributed by atoms with Gasteiger partial charge < -0.3 is 5.32 Å². The molecule has 0 saturated carbocycles. The molecule has 1 N–H and O–H groups in total. The van der Waals surface area contributed by atoms with Gasteiger partial charge in [-0.1, -0.05) is 12.1 Å². The Bertz CT molecular complexity index is 967. The Hall–Kier alpha value is -2.23. The number of aromatic nitrogens is 3. The first kappa shape index (κ1) is 16.6. The molecule has 0 amide bonds. The van der Waals surface area contributed by atoms with Crippen molar-refractivity contribution in [1.29, 1.82) is 5.26 Å². The number of halogens is 2. The van der Waals surface area contributed by atoms with Crippen molar-refractivity contribution in [3.05, 3.63) is 56.9 Å². The van der Waals surface area contributed by atoms with Crippen LogP contribution in [0.5, 0.6) is 0 Å². The summed E-state index contributed by atoms with van der Waals surface area (Å²) in [7, 11) is 0. The summed E-state index contributed by atoms with van der Waals surface area (Å²) in [5.41, 5.74) is 3.16. The molecule has 1 atom stereocenters. The normalized spacial score (nSPS) is 12.0. The van der Waals surface area contributed by atoms with E-state index < -0.39 is 0 Å². The summed E-state index contributed by atoms with van der Waals surface area (Å²) < 4.78 is 0.833. The fraction of sp³-hybridized carbons (Fsp3) is 0.176. The van der Waals surface area contributed by atoms with E-state index in [1.54, 1.807) is 6.20 Å². The molecule has 120 valence electrons. The first-order valence-electron chi connectivity index (χ1n) is 7.24. The van der Waals surface area contributed by atoms with Crippen LogP contribution in [0.15, 0.2) is 34.9 Å².